The number of benzene rings is 1. The van der Waals surface area contributed by atoms with Crippen LogP contribution in [-0.2, 0) is 14.6 Å². The number of carbonyl (C=O) groups excluding carboxylic acids is 3. The highest BCUT2D eigenvalue weighted by molar-refractivity contribution is 7.91. The number of fused-ring (bicyclic) bond motifs is 1. The first-order chi connectivity index (χ1) is 13.3. The Morgan fingerprint density at radius 3 is 2.11 bits per heavy atom. The van der Waals surface area contributed by atoms with Gasteiger partial charge in [0.2, 0.25) is 5.91 Å². The fourth-order valence-electron chi connectivity index (χ4n) is 3.86. The standard InChI is InChI=1S/C20H26N2O5S/c1-28(26,27)15-10-13-21(14-11-15)18(23)9-3-2-6-12-22-19(24)16-7-4-5-8-17(16)20(22)25/h4-5,7-8,15H,2-3,6,9-14H2,1H3. The predicted molar refractivity (Wildman–Crippen MR) is 105 cm³/mol. The van der Waals surface area contributed by atoms with Crippen molar-refractivity contribution in [3.05, 3.63) is 35.4 Å². The van der Waals surface area contributed by atoms with Gasteiger partial charge in [-0.1, -0.05) is 18.6 Å². The Morgan fingerprint density at radius 2 is 1.57 bits per heavy atom. The quantitative estimate of drug-likeness (QED) is 0.509. The van der Waals surface area contributed by atoms with Crippen LogP contribution < -0.4 is 0 Å². The van der Waals surface area contributed by atoms with Crippen molar-refractivity contribution in [2.75, 3.05) is 25.9 Å². The average Bonchev–Trinajstić information content (AvgIpc) is 2.92. The molecule has 2 heterocycles. The van der Waals surface area contributed by atoms with E-state index >= 15 is 0 Å². The molecule has 0 radical (unpaired) electrons. The average molecular weight is 407 g/mol. The minimum absolute atomic E-state index is 0.0488. The molecule has 1 fully saturated rings. The summed E-state index contributed by atoms with van der Waals surface area (Å²) < 4.78 is 23.2. The molecule has 7 nitrogen and oxygen atoms in total. The summed E-state index contributed by atoms with van der Waals surface area (Å²) in [4.78, 5) is 39.9. The van der Waals surface area contributed by atoms with Gasteiger partial charge in [-0.2, -0.15) is 0 Å². The highest BCUT2D eigenvalue weighted by atomic mass is 32.2. The summed E-state index contributed by atoms with van der Waals surface area (Å²) in [5, 5.41) is -0.337. The van der Waals surface area contributed by atoms with Crippen LogP contribution in [0.25, 0.3) is 0 Å². The summed E-state index contributed by atoms with van der Waals surface area (Å²) in [5.41, 5.74) is 0.917. The van der Waals surface area contributed by atoms with Crippen LogP contribution in [0.5, 0.6) is 0 Å². The highest BCUT2D eigenvalue weighted by Gasteiger charge is 2.34. The molecule has 1 aromatic rings. The van der Waals surface area contributed by atoms with Crippen LogP contribution in [0.4, 0.5) is 0 Å². The van der Waals surface area contributed by atoms with E-state index in [1.54, 1.807) is 29.2 Å². The molecule has 8 heteroatoms. The maximum atomic E-state index is 12.3. The molecular formula is C20H26N2O5S. The molecule has 0 aliphatic carbocycles. The number of unbranched alkanes of at least 4 members (excludes halogenated alkanes) is 2. The highest BCUT2D eigenvalue weighted by Crippen LogP contribution is 2.23. The van der Waals surface area contributed by atoms with E-state index in [9.17, 15) is 22.8 Å². The molecule has 3 amide bonds. The third-order valence-corrected chi connectivity index (χ3v) is 7.23. The van der Waals surface area contributed by atoms with Crippen LogP contribution in [0.2, 0.25) is 0 Å². The van der Waals surface area contributed by atoms with Crippen LogP contribution in [0.1, 0.15) is 59.2 Å². The molecule has 152 valence electrons. The lowest BCUT2D eigenvalue weighted by Gasteiger charge is -2.31. The zero-order valence-corrected chi connectivity index (χ0v) is 16.9. The Balaban J connectivity index is 1.36. The first kappa shape index (κ1) is 20.5. The molecule has 3 rings (SSSR count). The number of carbonyl (C=O) groups is 3. The molecule has 0 bridgehead atoms. The van der Waals surface area contributed by atoms with Crippen molar-refractivity contribution in [3.8, 4) is 0 Å². The van der Waals surface area contributed by atoms with Crippen molar-refractivity contribution in [1.82, 2.24) is 9.80 Å². The van der Waals surface area contributed by atoms with Crippen LogP contribution in [0, 0.1) is 0 Å². The second-order valence-electron chi connectivity index (χ2n) is 7.53. The van der Waals surface area contributed by atoms with Crippen molar-refractivity contribution in [1.29, 1.82) is 0 Å². The minimum atomic E-state index is -3.03. The number of amides is 3. The van der Waals surface area contributed by atoms with E-state index < -0.39 is 9.84 Å². The topological polar surface area (TPSA) is 91.8 Å². The Labute approximate surface area is 165 Å². The summed E-state index contributed by atoms with van der Waals surface area (Å²) in [6.45, 7) is 1.34. The van der Waals surface area contributed by atoms with Gasteiger partial charge in [-0.15, -0.1) is 0 Å². The molecule has 0 N–H and O–H groups in total. The van der Waals surface area contributed by atoms with E-state index in [1.165, 1.54) is 11.2 Å². The molecular weight excluding hydrogens is 380 g/mol. The van der Waals surface area contributed by atoms with Gasteiger partial charge in [-0.25, -0.2) is 8.42 Å². The van der Waals surface area contributed by atoms with Crippen molar-refractivity contribution < 1.29 is 22.8 Å². The van der Waals surface area contributed by atoms with E-state index in [2.05, 4.69) is 0 Å². The molecule has 28 heavy (non-hydrogen) atoms. The van der Waals surface area contributed by atoms with Crippen LogP contribution >= 0.6 is 0 Å². The van der Waals surface area contributed by atoms with E-state index in [-0.39, 0.29) is 23.0 Å². The molecule has 0 aromatic heterocycles. The van der Waals surface area contributed by atoms with Gasteiger partial charge in [0.1, 0.15) is 9.84 Å². The van der Waals surface area contributed by atoms with Crippen molar-refractivity contribution in [3.63, 3.8) is 0 Å². The SMILES string of the molecule is CS(=O)(=O)C1CCN(C(=O)CCCCCN2C(=O)c3ccccc3C2=O)CC1. The predicted octanol–water partition coefficient (Wildman–Crippen LogP) is 1.88. The van der Waals surface area contributed by atoms with E-state index in [1.807, 2.05) is 0 Å². The first-order valence-electron chi connectivity index (χ1n) is 9.71. The zero-order chi connectivity index (χ0) is 20.3. The molecule has 1 saturated heterocycles. The van der Waals surface area contributed by atoms with Crippen LogP contribution in [-0.4, -0.2) is 67.1 Å². The second kappa shape index (κ2) is 8.43. The van der Waals surface area contributed by atoms with Gasteiger partial charge < -0.3 is 4.90 Å². The number of hydrogen-bond acceptors (Lipinski definition) is 5. The maximum Gasteiger partial charge on any atom is 0.261 e. The Kier molecular flexibility index (Phi) is 6.17. The van der Waals surface area contributed by atoms with Gasteiger partial charge in [-0.05, 0) is 37.8 Å². The Bertz CT molecular complexity index is 837. The van der Waals surface area contributed by atoms with Gasteiger partial charge in [-0.3, -0.25) is 19.3 Å². The summed E-state index contributed by atoms with van der Waals surface area (Å²) in [6.07, 6.45) is 4.77. The van der Waals surface area contributed by atoms with Gasteiger partial charge in [0, 0.05) is 32.3 Å². The van der Waals surface area contributed by atoms with E-state index in [4.69, 9.17) is 0 Å². The van der Waals surface area contributed by atoms with Crippen LogP contribution in [0.15, 0.2) is 24.3 Å². The second-order valence-corrected chi connectivity index (χ2v) is 9.85. The van der Waals surface area contributed by atoms with Gasteiger partial charge in [0.15, 0.2) is 0 Å². The Hall–Kier alpha value is -2.22. The zero-order valence-electron chi connectivity index (χ0n) is 16.1. The molecule has 0 atom stereocenters. The minimum Gasteiger partial charge on any atom is -0.343 e. The molecule has 0 unspecified atom stereocenters. The smallest absolute Gasteiger partial charge is 0.261 e. The number of likely N-dealkylation sites (tertiary alicyclic amines) is 1. The third-order valence-electron chi connectivity index (χ3n) is 5.55. The molecule has 1 aromatic carbocycles. The lowest BCUT2D eigenvalue weighted by atomic mass is 10.1. The Morgan fingerprint density at radius 1 is 1.00 bits per heavy atom. The van der Waals surface area contributed by atoms with Crippen molar-refractivity contribution >= 4 is 27.6 Å². The van der Waals surface area contributed by atoms with E-state index in [0.717, 1.165) is 6.42 Å². The summed E-state index contributed by atoms with van der Waals surface area (Å²) >= 11 is 0. The summed E-state index contributed by atoms with van der Waals surface area (Å²) in [7, 11) is -3.03. The number of rotatable bonds is 7. The summed E-state index contributed by atoms with van der Waals surface area (Å²) in [6, 6.07) is 6.83. The number of nitrogens with zero attached hydrogens (tertiary/aromatic N) is 2. The van der Waals surface area contributed by atoms with Gasteiger partial charge >= 0.3 is 0 Å². The number of piperidine rings is 1. The van der Waals surface area contributed by atoms with Gasteiger partial charge in [0.25, 0.3) is 11.8 Å². The van der Waals surface area contributed by atoms with Crippen LogP contribution in [0.3, 0.4) is 0 Å². The monoisotopic (exact) mass is 406 g/mol. The van der Waals surface area contributed by atoms with E-state index in [0.29, 0.717) is 62.9 Å². The normalized spacial score (nSPS) is 17.9. The fourth-order valence-corrected chi connectivity index (χ4v) is 4.92. The fraction of sp³-hybridized carbons (Fsp3) is 0.550. The number of sulfone groups is 1. The van der Waals surface area contributed by atoms with Crippen molar-refractivity contribution in [2.24, 2.45) is 0 Å². The maximum absolute atomic E-state index is 12.3. The third kappa shape index (κ3) is 4.43. The molecule has 0 saturated carbocycles. The number of hydrogen-bond donors (Lipinski definition) is 0. The van der Waals surface area contributed by atoms with Crippen molar-refractivity contribution in [2.45, 2.75) is 43.8 Å². The lowest BCUT2D eigenvalue weighted by Crippen LogP contribution is -2.42. The first-order valence-corrected chi connectivity index (χ1v) is 11.7. The molecule has 2 aliphatic rings. The molecule has 0 spiro atoms. The summed E-state index contributed by atoms with van der Waals surface area (Å²) in [5.74, 6) is -0.441. The largest absolute Gasteiger partial charge is 0.343 e. The number of imide groups is 1. The van der Waals surface area contributed by atoms with Gasteiger partial charge in [0.05, 0.1) is 16.4 Å². The lowest BCUT2D eigenvalue weighted by molar-refractivity contribution is -0.132. The molecule has 2 aliphatic heterocycles.